The summed E-state index contributed by atoms with van der Waals surface area (Å²) in [5.41, 5.74) is 0.289. The van der Waals surface area contributed by atoms with Gasteiger partial charge in [0.25, 0.3) is 5.91 Å². The highest BCUT2D eigenvalue weighted by Crippen LogP contribution is 2.25. The van der Waals surface area contributed by atoms with Crippen LogP contribution in [0.15, 0.2) is 29.2 Å². The topological polar surface area (TPSA) is 95.0 Å². The van der Waals surface area contributed by atoms with E-state index in [1.54, 1.807) is 13.8 Å². The van der Waals surface area contributed by atoms with Gasteiger partial charge < -0.3 is 10.0 Å². The van der Waals surface area contributed by atoms with Gasteiger partial charge in [-0.15, -0.1) is 0 Å². The van der Waals surface area contributed by atoms with E-state index in [1.165, 1.54) is 40.5 Å². The Labute approximate surface area is 154 Å². The molecule has 8 heteroatoms. The van der Waals surface area contributed by atoms with E-state index < -0.39 is 22.0 Å². The first-order valence-corrected chi connectivity index (χ1v) is 10.1. The highest BCUT2D eigenvalue weighted by Gasteiger charge is 2.35. The number of rotatable bonds is 5. The molecule has 1 aromatic rings. The molecule has 1 fully saturated rings. The van der Waals surface area contributed by atoms with Crippen molar-refractivity contribution in [3.05, 3.63) is 29.8 Å². The molecule has 0 bridgehead atoms. The van der Waals surface area contributed by atoms with Crippen LogP contribution >= 0.6 is 0 Å². The molecule has 1 heterocycles. The molecule has 1 aliphatic rings. The second-order valence-corrected chi connectivity index (χ2v) is 9.12. The van der Waals surface area contributed by atoms with Gasteiger partial charge in [-0.1, -0.05) is 6.92 Å². The van der Waals surface area contributed by atoms with E-state index in [0.29, 0.717) is 13.0 Å². The number of carbonyl (C=O) groups is 2. The quantitative estimate of drug-likeness (QED) is 0.841. The van der Waals surface area contributed by atoms with Gasteiger partial charge in [-0.3, -0.25) is 4.79 Å². The number of hydrogen-bond acceptors (Lipinski definition) is 4. The van der Waals surface area contributed by atoms with Gasteiger partial charge in [-0.05, 0) is 56.9 Å². The van der Waals surface area contributed by atoms with Crippen molar-refractivity contribution in [3.63, 3.8) is 0 Å². The number of aliphatic carboxylic acids is 1. The zero-order valence-corrected chi connectivity index (χ0v) is 16.4. The van der Waals surface area contributed by atoms with Crippen molar-refractivity contribution in [2.24, 2.45) is 5.92 Å². The largest absolute Gasteiger partial charge is 0.480 e. The molecule has 26 heavy (non-hydrogen) atoms. The van der Waals surface area contributed by atoms with Crippen LogP contribution in [0.25, 0.3) is 0 Å². The first kappa shape index (κ1) is 20.4. The van der Waals surface area contributed by atoms with Crippen LogP contribution < -0.4 is 0 Å². The minimum Gasteiger partial charge on any atom is -0.480 e. The fourth-order valence-corrected chi connectivity index (χ4v) is 4.37. The molecule has 1 aromatic carbocycles. The maximum Gasteiger partial charge on any atom is 0.326 e. The number of benzene rings is 1. The van der Waals surface area contributed by atoms with Crippen molar-refractivity contribution < 1.29 is 23.1 Å². The molecular formula is C18H26N2O5S. The lowest BCUT2D eigenvalue weighted by molar-refractivity contribution is -0.144. The van der Waals surface area contributed by atoms with Gasteiger partial charge in [0.15, 0.2) is 0 Å². The number of carboxylic acid groups (broad SMARTS) is 1. The van der Waals surface area contributed by atoms with Crippen molar-refractivity contribution in [1.82, 2.24) is 9.21 Å². The molecule has 1 amide bonds. The standard InChI is InChI=1S/C18H26N2O5S/c1-12(2)19(4)26(24,25)15-7-5-14(6-8-15)17(21)20-10-9-13(3)11-16(20)18(22)23/h5-8,12-13,16H,9-11H2,1-4H3,(H,22,23). The van der Waals surface area contributed by atoms with E-state index in [-0.39, 0.29) is 28.3 Å². The lowest BCUT2D eigenvalue weighted by Gasteiger charge is -2.36. The van der Waals surface area contributed by atoms with Crippen LogP contribution in [0.1, 0.15) is 44.0 Å². The lowest BCUT2D eigenvalue weighted by Crippen LogP contribution is -2.49. The fourth-order valence-electron chi connectivity index (χ4n) is 3.00. The van der Waals surface area contributed by atoms with Crippen LogP contribution in [0.2, 0.25) is 0 Å². The Morgan fingerprint density at radius 1 is 1.23 bits per heavy atom. The van der Waals surface area contributed by atoms with Crippen molar-refractivity contribution >= 4 is 21.9 Å². The molecule has 1 N–H and O–H groups in total. The summed E-state index contributed by atoms with van der Waals surface area (Å²) in [6.45, 7) is 5.91. The van der Waals surface area contributed by atoms with Gasteiger partial charge in [-0.2, -0.15) is 4.31 Å². The van der Waals surface area contributed by atoms with Crippen LogP contribution in [0.3, 0.4) is 0 Å². The third-order valence-corrected chi connectivity index (χ3v) is 6.96. The molecule has 144 valence electrons. The number of amides is 1. The minimum atomic E-state index is -3.62. The SMILES string of the molecule is CC1CCN(C(=O)c2ccc(S(=O)(=O)N(C)C(C)C)cc2)C(C(=O)O)C1. The summed E-state index contributed by atoms with van der Waals surface area (Å²) >= 11 is 0. The predicted octanol–water partition coefficient (Wildman–Crippen LogP) is 2.04. The minimum absolute atomic E-state index is 0.104. The van der Waals surface area contributed by atoms with Gasteiger partial charge in [0.2, 0.25) is 10.0 Å². The molecule has 1 aliphatic heterocycles. The fraction of sp³-hybridized carbons (Fsp3) is 0.556. The average Bonchev–Trinajstić information content (AvgIpc) is 2.60. The van der Waals surface area contributed by atoms with Crippen LogP contribution in [0.5, 0.6) is 0 Å². The molecule has 1 saturated heterocycles. The molecule has 7 nitrogen and oxygen atoms in total. The Balaban J connectivity index is 2.25. The smallest absolute Gasteiger partial charge is 0.326 e. The number of piperidine rings is 1. The summed E-state index contributed by atoms with van der Waals surface area (Å²) in [4.78, 5) is 25.7. The molecule has 0 radical (unpaired) electrons. The Bertz CT molecular complexity index is 773. The number of carboxylic acids is 1. The third kappa shape index (κ3) is 4.07. The average molecular weight is 382 g/mol. The summed E-state index contributed by atoms with van der Waals surface area (Å²) in [5.74, 6) is -1.15. The summed E-state index contributed by atoms with van der Waals surface area (Å²) in [5, 5.41) is 9.41. The van der Waals surface area contributed by atoms with Crippen LogP contribution in [0.4, 0.5) is 0 Å². The molecule has 2 atom stereocenters. The lowest BCUT2D eigenvalue weighted by atomic mass is 9.92. The van der Waals surface area contributed by atoms with E-state index in [4.69, 9.17) is 0 Å². The van der Waals surface area contributed by atoms with Crippen molar-refractivity contribution in [1.29, 1.82) is 0 Å². The highest BCUT2D eigenvalue weighted by molar-refractivity contribution is 7.89. The van der Waals surface area contributed by atoms with Gasteiger partial charge in [-0.25, -0.2) is 13.2 Å². The summed E-state index contributed by atoms with van der Waals surface area (Å²) < 4.78 is 26.2. The van der Waals surface area contributed by atoms with Crippen LogP contribution in [0, 0.1) is 5.92 Å². The molecule has 0 spiro atoms. The zero-order valence-electron chi connectivity index (χ0n) is 15.5. The van der Waals surface area contributed by atoms with E-state index in [0.717, 1.165) is 6.42 Å². The number of carbonyl (C=O) groups excluding carboxylic acids is 1. The maximum atomic E-state index is 12.7. The van der Waals surface area contributed by atoms with Gasteiger partial charge >= 0.3 is 5.97 Å². The first-order chi connectivity index (χ1) is 12.1. The maximum absolute atomic E-state index is 12.7. The van der Waals surface area contributed by atoms with Crippen molar-refractivity contribution in [2.45, 2.75) is 50.6 Å². The zero-order chi connectivity index (χ0) is 19.6. The predicted molar refractivity (Wildman–Crippen MR) is 97.4 cm³/mol. The molecular weight excluding hydrogens is 356 g/mol. The van der Waals surface area contributed by atoms with Crippen LogP contribution in [-0.2, 0) is 14.8 Å². The van der Waals surface area contributed by atoms with E-state index in [2.05, 4.69) is 0 Å². The molecule has 0 aromatic heterocycles. The van der Waals surface area contributed by atoms with Crippen molar-refractivity contribution in [2.75, 3.05) is 13.6 Å². The Kier molecular flexibility index (Phi) is 6.08. The molecule has 2 unspecified atom stereocenters. The van der Waals surface area contributed by atoms with E-state index >= 15 is 0 Å². The second kappa shape index (κ2) is 7.75. The Hall–Kier alpha value is -1.93. The number of hydrogen-bond donors (Lipinski definition) is 1. The summed E-state index contributed by atoms with van der Waals surface area (Å²) in [7, 11) is -2.12. The van der Waals surface area contributed by atoms with E-state index in [1.807, 2.05) is 6.92 Å². The normalized spacial score (nSPS) is 21.2. The molecule has 0 saturated carbocycles. The van der Waals surface area contributed by atoms with Gasteiger partial charge in [0.05, 0.1) is 4.90 Å². The first-order valence-electron chi connectivity index (χ1n) is 8.67. The molecule has 0 aliphatic carbocycles. The van der Waals surface area contributed by atoms with E-state index in [9.17, 15) is 23.1 Å². The van der Waals surface area contributed by atoms with Gasteiger partial charge in [0.1, 0.15) is 6.04 Å². The van der Waals surface area contributed by atoms with Crippen LogP contribution in [-0.4, -0.2) is 60.3 Å². The molecule has 2 rings (SSSR count). The summed E-state index contributed by atoms with van der Waals surface area (Å²) in [6, 6.07) is 4.64. The van der Waals surface area contributed by atoms with Crippen molar-refractivity contribution in [3.8, 4) is 0 Å². The number of nitrogens with zero attached hydrogens (tertiary/aromatic N) is 2. The summed E-state index contributed by atoms with van der Waals surface area (Å²) in [6.07, 6.45) is 1.17. The highest BCUT2D eigenvalue weighted by atomic mass is 32.2. The van der Waals surface area contributed by atoms with Gasteiger partial charge in [0, 0.05) is 25.2 Å². The number of sulfonamides is 1. The number of likely N-dealkylation sites (tertiary alicyclic amines) is 1. The Morgan fingerprint density at radius 2 is 1.81 bits per heavy atom. The third-order valence-electron chi connectivity index (χ3n) is 4.92. The monoisotopic (exact) mass is 382 g/mol. The second-order valence-electron chi connectivity index (χ2n) is 7.12. The Morgan fingerprint density at radius 3 is 2.31 bits per heavy atom.